The lowest BCUT2D eigenvalue weighted by molar-refractivity contribution is -0.137. The van der Waals surface area contributed by atoms with Gasteiger partial charge < -0.3 is 16.4 Å². The van der Waals surface area contributed by atoms with E-state index in [0.29, 0.717) is 48.3 Å². The molecule has 0 fully saturated rings. The largest absolute Gasteiger partial charge is 0.416 e. The van der Waals surface area contributed by atoms with Gasteiger partial charge in [-0.1, -0.05) is 24.3 Å². The molecule has 12 heteroatoms. The fourth-order valence-corrected chi connectivity index (χ4v) is 5.07. The summed E-state index contributed by atoms with van der Waals surface area (Å²) < 4.78 is 41.1. The predicted octanol–water partition coefficient (Wildman–Crippen LogP) is 5.91. The first kappa shape index (κ1) is 29.7. The smallest absolute Gasteiger partial charge is 0.383 e. The second kappa shape index (κ2) is 12.6. The van der Waals surface area contributed by atoms with Gasteiger partial charge >= 0.3 is 6.18 Å². The third kappa shape index (κ3) is 7.02. The van der Waals surface area contributed by atoms with Gasteiger partial charge in [0.15, 0.2) is 0 Å². The Bertz CT molecular complexity index is 1660. The van der Waals surface area contributed by atoms with E-state index in [1.54, 1.807) is 30.5 Å². The lowest BCUT2D eigenvalue weighted by Crippen LogP contribution is -2.33. The molecule has 0 saturated carbocycles. The van der Waals surface area contributed by atoms with Gasteiger partial charge in [0, 0.05) is 48.1 Å². The molecule has 0 aliphatic carbocycles. The highest BCUT2D eigenvalue weighted by molar-refractivity contribution is 6.05. The number of hydrogen-bond acceptors (Lipinski definition) is 6. The lowest BCUT2D eigenvalue weighted by atomic mass is 10.0. The van der Waals surface area contributed by atoms with Crippen molar-refractivity contribution in [1.29, 1.82) is 0 Å². The van der Waals surface area contributed by atoms with E-state index in [0.717, 1.165) is 48.7 Å². The highest BCUT2D eigenvalue weighted by Gasteiger charge is 2.31. The molecule has 1 aromatic carbocycles. The first-order valence-corrected chi connectivity index (χ1v) is 14.1. The molecule has 43 heavy (non-hydrogen) atoms. The second-order valence-corrected chi connectivity index (χ2v) is 10.6. The highest BCUT2D eigenvalue weighted by Crippen LogP contribution is 2.34. The molecule has 0 bridgehead atoms. The van der Waals surface area contributed by atoms with Crippen molar-refractivity contribution < 1.29 is 22.8 Å². The Hall–Kier alpha value is -4.74. The van der Waals surface area contributed by atoms with Crippen LogP contribution >= 0.6 is 0 Å². The van der Waals surface area contributed by atoms with Gasteiger partial charge in [-0.3, -0.25) is 14.3 Å². The molecule has 4 N–H and O–H groups in total. The van der Waals surface area contributed by atoms with E-state index in [-0.39, 0.29) is 23.3 Å². The van der Waals surface area contributed by atoms with Crippen LogP contribution in [0.1, 0.15) is 60.5 Å². The van der Waals surface area contributed by atoms with Gasteiger partial charge in [0.2, 0.25) is 5.91 Å². The molecule has 0 unspecified atom stereocenters. The van der Waals surface area contributed by atoms with E-state index in [2.05, 4.69) is 32.8 Å². The summed E-state index contributed by atoms with van der Waals surface area (Å²) in [5.41, 5.74) is 8.83. The zero-order valence-electron chi connectivity index (χ0n) is 23.6. The fraction of sp³-hybridized carbons (Fsp3) is 0.323. The Labute approximate surface area is 246 Å². The van der Waals surface area contributed by atoms with Crippen LogP contribution in [0.25, 0.3) is 22.2 Å². The average Bonchev–Trinajstić information content (AvgIpc) is 3.36. The maximum absolute atomic E-state index is 13.1. The van der Waals surface area contributed by atoms with Gasteiger partial charge in [-0.05, 0) is 63.3 Å². The summed E-state index contributed by atoms with van der Waals surface area (Å²) in [6.07, 6.45) is 6.86. The summed E-state index contributed by atoms with van der Waals surface area (Å²) in [5, 5.41) is 11.1. The van der Waals surface area contributed by atoms with Crippen LogP contribution < -0.4 is 16.4 Å². The highest BCUT2D eigenvalue weighted by atomic mass is 19.4. The Balaban J connectivity index is 1.46. The van der Waals surface area contributed by atoms with Crippen LogP contribution in [-0.2, 0) is 23.9 Å². The maximum Gasteiger partial charge on any atom is 0.416 e. The minimum Gasteiger partial charge on any atom is -0.383 e. The minimum absolute atomic E-state index is 0.0412. The molecule has 1 aliphatic rings. The van der Waals surface area contributed by atoms with Crippen molar-refractivity contribution in [2.24, 2.45) is 0 Å². The number of anilines is 2. The van der Waals surface area contributed by atoms with E-state index in [1.807, 2.05) is 11.6 Å². The van der Waals surface area contributed by atoms with E-state index >= 15 is 0 Å². The van der Waals surface area contributed by atoms with Crippen molar-refractivity contribution >= 4 is 34.4 Å². The predicted molar refractivity (Wildman–Crippen MR) is 158 cm³/mol. The Kier molecular flexibility index (Phi) is 8.74. The molecule has 4 heterocycles. The number of alkyl halides is 3. The number of carbonyl (C=O) groups is 2. The number of benzene rings is 1. The fourth-order valence-electron chi connectivity index (χ4n) is 5.07. The van der Waals surface area contributed by atoms with Gasteiger partial charge in [-0.2, -0.15) is 18.3 Å². The molecular weight excluding hydrogens is 559 g/mol. The first-order chi connectivity index (χ1) is 20.6. The van der Waals surface area contributed by atoms with Crippen molar-refractivity contribution in [1.82, 2.24) is 25.1 Å². The molecule has 9 nitrogen and oxygen atoms in total. The molecule has 224 valence electrons. The van der Waals surface area contributed by atoms with Gasteiger partial charge in [0.05, 0.1) is 16.5 Å². The quantitative estimate of drug-likeness (QED) is 0.254. The number of allylic oxidation sites excluding steroid dienone is 2. The summed E-state index contributed by atoms with van der Waals surface area (Å²) >= 11 is 0. The summed E-state index contributed by atoms with van der Waals surface area (Å²) in [7, 11) is 0. The molecule has 0 spiro atoms. The van der Waals surface area contributed by atoms with Crippen molar-refractivity contribution in [3.8, 4) is 11.3 Å². The number of nitrogens with zero attached hydrogens (tertiary/aromatic N) is 4. The number of aromatic nitrogens is 4. The second-order valence-electron chi connectivity index (χ2n) is 10.6. The van der Waals surface area contributed by atoms with Crippen LogP contribution in [0, 0.1) is 0 Å². The van der Waals surface area contributed by atoms with E-state index < -0.39 is 17.6 Å². The first-order valence-electron chi connectivity index (χ1n) is 14.1. The topological polar surface area (TPSA) is 128 Å². The van der Waals surface area contributed by atoms with Gasteiger partial charge in [0.1, 0.15) is 17.3 Å². The van der Waals surface area contributed by atoms with Crippen molar-refractivity contribution in [2.45, 2.75) is 64.2 Å². The molecule has 0 radical (unpaired) electrons. The third-order valence-electron chi connectivity index (χ3n) is 7.33. The number of pyridine rings is 2. The molecule has 0 saturated heterocycles. The zero-order valence-corrected chi connectivity index (χ0v) is 23.6. The van der Waals surface area contributed by atoms with Crippen LogP contribution in [0.15, 0.2) is 60.9 Å². The molecular formula is C31H32F3N7O2. The molecule has 4 aromatic rings. The van der Waals surface area contributed by atoms with E-state index in [9.17, 15) is 22.8 Å². The monoisotopic (exact) mass is 591 g/mol. The van der Waals surface area contributed by atoms with Gasteiger partial charge in [-0.25, -0.2) is 9.97 Å². The molecule has 2 amide bonds. The number of halogens is 3. The Morgan fingerprint density at radius 1 is 1.12 bits per heavy atom. The zero-order chi connectivity index (χ0) is 30.6. The SMILES string of the molecule is C[C@@H]1CCn2nc(-c3ccc(C(=O)Nc4cc(C(F)(F)F)ccn4)cc3)c3c(N)ncc(c32)CC=CCCCCC(=O)N1. The number of nitrogens with two attached hydrogens (primary N) is 1. The molecule has 1 atom stereocenters. The number of amides is 2. The van der Waals surface area contributed by atoms with Crippen molar-refractivity contribution in [3.05, 3.63) is 77.6 Å². The standard InChI is InChI=1S/C31H32F3N7O2/c1-19-14-16-41-28-22(7-5-3-2-4-6-8-25(42)38-19)18-37-29(35)26(28)27(40-41)20-9-11-21(12-10-20)30(43)39-24-17-23(13-15-36-24)31(32,33)34/h3,5,9-13,15,17-19H,2,4,6-8,14,16H2,1H3,(H2,35,37)(H,38,42)(H,36,39,43)/t19-/m1/s1. The van der Waals surface area contributed by atoms with Crippen LogP contribution in [0.5, 0.6) is 0 Å². The average molecular weight is 592 g/mol. The van der Waals surface area contributed by atoms with Crippen molar-refractivity contribution in [2.75, 3.05) is 11.1 Å². The van der Waals surface area contributed by atoms with Crippen LogP contribution in [-0.4, -0.2) is 37.6 Å². The van der Waals surface area contributed by atoms with Gasteiger partial charge in [-0.15, -0.1) is 0 Å². The van der Waals surface area contributed by atoms with Crippen LogP contribution in [0.3, 0.4) is 0 Å². The normalized spacial score (nSPS) is 16.7. The van der Waals surface area contributed by atoms with Crippen molar-refractivity contribution in [3.63, 3.8) is 0 Å². The number of rotatable bonds is 3. The molecule has 1 aliphatic heterocycles. The molecule has 3 aromatic heterocycles. The lowest BCUT2D eigenvalue weighted by Gasteiger charge is -2.14. The number of nitrogen functional groups attached to an aromatic ring is 1. The maximum atomic E-state index is 13.1. The Morgan fingerprint density at radius 2 is 1.91 bits per heavy atom. The van der Waals surface area contributed by atoms with E-state index in [1.165, 1.54) is 0 Å². The minimum atomic E-state index is -4.55. The van der Waals surface area contributed by atoms with Crippen LogP contribution in [0.2, 0.25) is 0 Å². The summed E-state index contributed by atoms with van der Waals surface area (Å²) in [6.45, 7) is 2.50. The number of nitrogens with one attached hydrogen (secondary N) is 2. The third-order valence-corrected chi connectivity index (χ3v) is 7.33. The summed E-state index contributed by atoms with van der Waals surface area (Å²) in [4.78, 5) is 33.4. The number of carbonyl (C=O) groups excluding carboxylic acids is 2. The summed E-state index contributed by atoms with van der Waals surface area (Å²) in [6, 6.07) is 8.12. The molecule has 5 rings (SSSR count). The summed E-state index contributed by atoms with van der Waals surface area (Å²) in [5.74, 6) is -0.446. The Morgan fingerprint density at radius 3 is 2.67 bits per heavy atom. The number of hydrogen-bond donors (Lipinski definition) is 3. The van der Waals surface area contributed by atoms with Gasteiger partial charge in [0.25, 0.3) is 5.91 Å². The van der Waals surface area contributed by atoms with Crippen LogP contribution in [0.4, 0.5) is 24.8 Å². The number of aryl methyl sites for hydroxylation is 1. The van der Waals surface area contributed by atoms with E-state index in [4.69, 9.17) is 10.8 Å².